The molecule has 1 rings (SSSR count). The minimum atomic E-state index is -0.255. The molecule has 0 aliphatic rings. The van der Waals surface area contributed by atoms with E-state index < -0.39 is 0 Å². The van der Waals surface area contributed by atoms with Gasteiger partial charge < -0.3 is 0 Å². The van der Waals surface area contributed by atoms with E-state index in [1.165, 1.54) is 6.07 Å². The van der Waals surface area contributed by atoms with Crippen LogP contribution in [0.1, 0.15) is 18.5 Å². The molecule has 0 aromatic heterocycles. The lowest BCUT2D eigenvalue weighted by molar-refractivity contribution is 0.541. The van der Waals surface area contributed by atoms with Crippen molar-refractivity contribution in [2.24, 2.45) is 5.84 Å². The largest absolute Gasteiger partial charge is 0.271 e. The molecule has 0 fully saturated rings. The molecule has 0 saturated heterocycles. The highest BCUT2D eigenvalue weighted by atomic mass is 79.9. The van der Waals surface area contributed by atoms with Crippen LogP contribution in [-0.4, -0.2) is 0 Å². The van der Waals surface area contributed by atoms with Crippen LogP contribution in [-0.2, 0) is 0 Å². The third-order valence-corrected chi connectivity index (χ3v) is 2.17. The van der Waals surface area contributed by atoms with Crippen LogP contribution in [0.2, 0.25) is 0 Å². The SMILES string of the molecule is CC(NN)c1ccc(Br)cc1F. The molecule has 4 heteroatoms. The quantitative estimate of drug-likeness (QED) is 0.606. The molecule has 0 aliphatic carbocycles. The molecule has 1 aromatic carbocycles. The van der Waals surface area contributed by atoms with Crippen LogP contribution in [0.5, 0.6) is 0 Å². The number of hydrogen-bond donors (Lipinski definition) is 2. The molecule has 0 amide bonds. The monoisotopic (exact) mass is 232 g/mol. The molecule has 0 saturated carbocycles. The van der Waals surface area contributed by atoms with Crippen molar-refractivity contribution in [1.82, 2.24) is 5.43 Å². The van der Waals surface area contributed by atoms with Crippen molar-refractivity contribution in [3.05, 3.63) is 34.1 Å². The molecule has 12 heavy (non-hydrogen) atoms. The van der Waals surface area contributed by atoms with Crippen molar-refractivity contribution >= 4 is 15.9 Å². The highest BCUT2D eigenvalue weighted by Crippen LogP contribution is 2.19. The number of hydrazine groups is 1. The summed E-state index contributed by atoms with van der Waals surface area (Å²) in [7, 11) is 0. The van der Waals surface area contributed by atoms with Crippen molar-refractivity contribution in [3.63, 3.8) is 0 Å². The molecule has 0 aliphatic heterocycles. The molecule has 66 valence electrons. The van der Waals surface area contributed by atoms with Gasteiger partial charge in [-0.2, -0.15) is 0 Å². The Hall–Kier alpha value is -0.450. The Balaban J connectivity index is 3.01. The van der Waals surface area contributed by atoms with Crippen LogP contribution in [0, 0.1) is 5.82 Å². The number of hydrogen-bond acceptors (Lipinski definition) is 2. The van der Waals surface area contributed by atoms with E-state index in [0.717, 1.165) is 4.47 Å². The van der Waals surface area contributed by atoms with E-state index in [4.69, 9.17) is 5.84 Å². The zero-order valence-corrected chi connectivity index (χ0v) is 8.23. The summed E-state index contributed by atoms with van der Waals surface area (Å²) in [6.07, 6.45) is 0. The molecule has 1 atom stereocenters. The Labute approximate surface area is 79.1 Å². The highest BCUT2D eigenvalue weighted by Gasteiger charge is 2.08. The third kappa shape index (κ3) is 2.03. The summed E-state index contributed by atoms with van der Waals surface area (Å²) in [6, 6.07) is 4.73. The number of nitrogens with two attached hydrogens (primary N) is 1. The zero-order chi connectivity index (χ0) is 9.14. The fourth-order valence-corrected chi connectivity index (χ4v) is 1.28. The van der Waals surface area contributed by atoms with Gasteiger partial charge in [-0.05, 0) is 19.1 Å². The predicted octanol–water partition coefficient (Wildman–Crippen LogP) is 2.11. The Morgan fingerprint density at radius 3 is 2.75 bits per heavy atom. The Kier molecular flexibility index (Phi) is 3.20. The van der Waals surface area contributed by atoms with Gasteiger partial charge in [0.15, 0.2) is 0 Å². The second-order valence-electron chi connectivity index (χ2n) is 2.55. The summed E-state index contributed by atoms with van der Waals surface area (Å²) in [5, 5.41) is 0. The first-order valence-corrected chi connectivity index (χ1v) is 4.35. The van der Waals surface area contributed by atoms with Crippen molar-refractivity contribution < 1.29 is 4.39 Å². The van der Waals surface area contributed by atoms with E-state index in [0.29, 0.717) is 5.56 Å². The molecule has 0 radical (unpaired) electrons. The average Bonchev–Trinajstić information content (AvgIpc) is 2.03. The van der Waals surface area contributed by atoms with Crippen molar-refractivity contribution in [2.75, 3.05) is 0 Å². The topological polar surface area (TPSA) is 38.0 Å². The standard InChI is InChI=1S/C8H10BrFN2/c1-5(12-11)7-3-2-6(9)4-8(7)10/h2-5,12H,11H2,1H3. The van der Waals surface area contributed by atoms with Crippen LogP contribution in [0.15, 0.2) is 22.7 Å². The van der Waals surface area contributed by atoms with Crippen LogP contribution in [0.25, 0.3) is 0 Å². The normalized spacial score (nSPS) is 13.0. The molecular formula is C8H10BrFN2. The number of rotatable bonds is 2. The highest BCUT2D eigenvalue weighted by molar-refractivity contribution is 9.10. The summed E-state index contributed by atoms with van der Waals surface area (Å²) >= 11 is 3.18. The smallest absolute Gasteiger partial charge is 0.129 e. The van der Waals surface area contributed by atoms with Gasteiger partial charge in [0.1, 0.15) is 5.82 Å². The van der Waals surface area contributed by atoms with Crippen LogP contribution >= 0.6 is 15.9 Å². The molecule has 1 unspecified atom stereocenters. The minimum absolute atomic E-state index is 0.168. The fourth-order valence-electron chi connectivity index (χ4n) is 0.942. The second kappa shape index (κ2) is 3.98. The van der Waals surface area contributed by atoms with Crippen LogP contribution in [0.4, 0.5) is 4.39 Å². The number of halogens is 2. The van der Waals surface area contributed by atoms with Gasteiger partial charge in [-0.3, -0.25) is 11.3 Å². The maximum Gasteiger partial charge on any atom is 0.129 e. The van der Waals surface area contributed by atoms with Crippen LogP contribution < -0.4 is 11.3 Å². The molecule has 2 nitrogen and oxygen atoms in total. The second-order valence-corrected chi connectivity index (χ2v) is 3.47. The molecule has 0 bridgehead atoms. The maximum atomic E-state index is 13.2. The van der Waals surface area contributed by atoms with E-state index >= 15 is 0 Å². The first-order chi connectivity index (χ1) is 5.65. The Morgan fingerprint density at radius 2 is 2.25 bits per heavy atom. The van der Waals surface area contributed by atoms with Gasteiger partial charge >= 0.3 is 0 Å². The lowest BCUT2D eigenvalue weighted by atomic mass is 10.1. The fraction of sp³-hybridized carbons (Fsp3) is 0.250. The van der Waals surface area contributed by atoms with Gasteiger partial charge in [0.25, 0.3) is 0 Å². The summed E-state index contributed by atoms with van der Waals surface area (Å²) in [6.45, 7) is 1.80. The van der Waals surface area contributed by atoms with Gasteiger partial charge in [-0.15, -0.1) is 0 Å². The van der Waals surface area contributed by atoms with E-state index in [9.17, 15) is 4.39 Å². The summed E-state index contributed by atoms with van der Waals surface area (Å²) in [5.74, 6) is 4.93. The van der Waals surface area contributed by atoms with Crippen LogP contribution in [0.3, 0.4) is 0 Å². The average molecular weight is 233 g/mol. The first kappa shape index (κ1) is 9.64. The van der Waals surface area contributed by atoms with Gasteiger partial charge in [-0.25, -0.2) is 4.39 Å². The lowest BCUT2D eigenvalue weighted by Crippen LogP contribution is -2.26. The maximum absolute atomic E-state index is 13.2. The number of nitrogens with one attached hydrogen (secondary N) is 1. The van der Waals surface area contributed by atoms with Crippen molar-refractivity contribution in [3.8, 4) is 0 Å². The summed E-state index contributed by atoms with van der Waals surface area (Å²) < 4.78 is 13.9. The predicted molar refractivity (Wildman–Crippen MR) is 49.8 cm³/mol. The van der Waals surface area contributed by atoms with Crippen molar-refractivity contribution in [2.45, 2.75) is 13.0 Å². The van der Waals surface area contributed by atoms with E-state index in [1.807, 2.05) is 0 Å². The third-order valence-electron chi connectivity index (χ3n) is 1.68. The molecule has 0 spiro atoms. The van der Waals surface area contributed by atoms with Gasteiger partial charge in [0.2, 0.25) is 0 Å². The first-order valence-electron chi connectivity index (χ1n) is 3.56. The lowest BCUT2D eigenvalue weighted by Gasteiger charge is -2.10. The van der Waals surface area contributed by atoms with Gasteiger partial charge in [-0.1, -0.05) is 22.0 Å². The van der Waals surface area contributed by atoms with Gasteiger partial charge in [0, 0.05) is 16.1 Å². The molecule has 0 heterocycles. The Morgan fingerprint density at radius 1 is 1.58 bits per heavy atom. The Bertz CT molecular complexity index is 278. The minimum Gasteiger partial charge on any atom is -0.271 e. The van der Waals surface area contributed by atoms with E-state index in [-0.39, 0.29) is 11.9 Å². The molecule has 3 N–H and O–H groups in total. The number of benzene rings is 1. The molecule has 1 aromatic rings. The van der Waals surface area contributed by atoms with Crippen molar-refractivity contribution in [1.29, 1.82) is 0 Å². The van der Waals surface area contributed by atoms with E-state index in [1.54, 1.807) is 19.1 Å². The van der Waals surface area contributed by atoms with Gasteiger partial charge in [0.05, 0.1) is 0 Å². The molecular weight excluding hydrogens is 223 g/mol. The zero-order valence-electron chi connectivity index (χ0n) is 6.64. The van der Waals surface area contributed by atoms with E-state index in [2.05, 4.69) is 21.4 Å². The summed E-state index contributed by atoms with van der Waals surface area (Å²) in [4.78, 5) is 0. The summed E-state index contributed by atoms with van der Waals surface area (Å²) in [5.41, 5.74) is 3.06.